The number of unbranched alkanes of at least 4 members (excludes halogenated alkanes) is 1. The molecule has 0 heterocycles. The normalized spacial score (nSPS) is 10.7. The predicted octanol–water partition coefficient (Wildman–Crippen LogP) is 1.76. The molecule has 0 aromatic heterocycles. The monoisotopic (exact) mass is 192 g/mol. The fourth-order valence-corrected chi connectivity index (χ4v) is 0.726. The van der Waals surface area contributed by atoms with Crippen LogP contribution in [-0.4, -0.2) is 17.2 Å². The first kappa shape index (κ1) is 13.6. The van der Waals surface area contributed by atoms with Gasteiger partial charge in [0.05, 0.1) is 6.07 Å². The summed E-state index contributed by atoms with van der Waals surface area (Å²) in [5.41, 5.74) is 0. The molecule has 1 unspecified atom stereocenters. The molecular formula is C7H13ClN2O2. The number of nitrogens with one attached hydrogen (secondary N) is 1. The number of nitriles is 1. The van der Waals surface area contributed by atoms with E-state index in [9.17, 15) is 4.79 Å². The molecule has 0 spiro atoms. The fraction of sp³-hybridized carbons (Fsp3) is 0.714. The van der Waals surface area contributed by atoms with Crippen molar-refractivity contribution in [2.75, 3.05) is 0 Å². The van der Waals surface area contributed by atoms with Gasteiger partial charge in [0.15, 0.2) is 0 Å². The van der Waals surface area contributed by atoms with E-state index < -0.39 is 12.1 Å². The smallest absolute Gasteiger partial charge is 0.405 e. The predicted molar refractivity (Wildman–Crippen MR) is 47.3 cm³/mol. The minimum Gasteiger partial charge on any atom is -0.465 e. The van der Waals surface area contributed by atoms with Crippen LogP contribution in [0.5, 0.6) is 0 Å². The molecule has 0 aromatic rings. The highest BCUT2D eigenvalue weighted by molar-refractivity contribution is 5.85. The van der Waals surface area contributed by atoms with Crippen LogP contribution in [0.15, 0.2) is 0 Å². The van der Waals surface area contributed by atoms with E-state index in [1.807, 2.05) is 13.0 Å². The zero-order valence-electron chi connectivity index (χ0n) is 6.91. The number of hydrogen-bond acceptors (Lipinski definition) is 2. The molecule has 12 heavy (non-hydrogen) atoms. The number of amides is 1. The Morgan fingerprint density at radius 2 is 2.33 bits per heavy atom. The molecule has 0 bridgehead atoms. The Morgan fingerprint density at radius 1 is 1.75 bits per heavy atom. The molecule has 5 heteroatoms. The van der Waals surface area contributed by atoms with Gasteiger partial charge >= 0.3 is 6.09 Å². The lowest BCUT2D eigenvalue weighted by Gasteiger charge is -2.06. The molecule has 0 radical (unpaired) electrons. The first-order valence-electron chi connectivity index (χ1n) is 3.59. The molecule has 4 nitrogen and oxygen atoms in total. The van der Waals surface area contributed by atoms with E-state index in [1.54, 1.807) is 0 Å². The van der Waals surface area contributed by atoms with E-state index in [0.717, 1.165) is 12.8 Å². The van der Waals surface area contributed by atoms with Crippen molar-refractivity contribution in [3.05, 3.63) is 0 Å². The summed E-state index contributed by atoms with van der Waals surface area (Å²) < 4.78 is 0. The zero-order chi connectivity index (χ0) is 8.69. The summed E-state index contributed by atoms with van der Waals surface area (Å²) >= 11 is 0. The van der Waals surface area contributed by atoms with Gasteiger partial charge in [-0.15, -0.1) is 12.4 Å². The van der Waals surface area contributed by atoms with Crippen LogP contribution in [-0.2, 0) is 0 Å². The van der Waals surface area contributed by atoms with Crippen molar-refractivity contribution in [2.24, 2.45) is 0 Å². The first-order valence-corrected chi connectivity index (χ1v) is 3.59. The molecule has 0 aliphatic heterocycles. The molecule has 70 valence electrons. The van der Waals surface area contributed by atoms with E-state index >= 15 is 0 Å². The van der Waals surface area contributed by atoms with Gasteiger partial charge in [0.2, 0.25) is 0 Å². The van der Waals surface area contributed by atoms with Gasteiger partial charge in [-0.25, -0.2) is 4.79 Å². The molecule has 1 amide bonds. The molecule has 0 aliphatic rings. The molecule has 0 saturated carbocycles. The maximum absolute atomic E-state index is 10.1. The number of nitrogens with zero attached hydrogens (tertiary/aromatic N) is 1. The van der Waals surface area contributed by atoms with Crippen LogP contribution in [0.1, 0.15) is 26.2 Å². The van der Waals surface area contributed by atoms with Crippen molar-refractivity contribution in [3.8, 4) is 6.07 Å². The Hall–Kier alpha value is -0.950. The number of carbonyl (C=O) groups is 1. The van der Waals surface area contributed by atoms with Crippen LogP contribution in [0.2, 0.25) is 0 Å². The molecule has 0 aliphatic carbocycles. The molecule has 1 atom stereocenters. The molecule has 2 N–H and O–H groups in total. The van der Waals surface area contributed by atoms with Crippen molar-refractivity contribution in [1.29, 1.82) is 5.26 Å². The Labute approximate surface area is 78.0 Å². The summed E-state index contributed by atoms with van der Waals surface area (Å²) in [6, 6.07) is 1.33. The van der Waals surface area contributed by atoms with Gasteiger partial charge < -0.3 is 10.4 Å². The van der Waals surface area contributed by atoms with Crippen LogP contribution in [0.4, 0.5) is 4.79 Å². The summed E-state index contributed by atoms with van der Waals surface area (Å²) in [5, 5.41) is 18.8. The average Bonchev–Trinajstić information content (AvgIpc) is 1.97. The van der Waals surface area contributed by atoms with Crippen LogP contribution in [0.3, 0.4) is 0 Å². The van der Waals surface area contributed by atoms with Crippen LogP contribution in [0, 0.1) is 11.3 Å². The largest absolute Gasteiger partial charge is 0.465 e. The van der Waals surface area contributed by atoms with Crippen molar-refractivity contribution < 1.29 is 9.90 Å². The van der Waals surface area contributed by atoms with Crippen molar-refractivity contribution in [1.82, 2.24) is 5.32 Å². The summed E-state index contributed by atoms with van der Waals surface area (Å²) in [7, 11) is 0. The third kappa shape index (κ3) is 7.16. The summed E-state index contributed by atoms with van der Waals surface area (Å²) in [4.78, 5) is 10.1. The Kier molecular flexibility index (Phi) is 9.25. The van der Waals surface area contributed by atoms with E-state index in [4.69, 9.17) is 10.4 Å². The van der Waals surface area contributed by atoms with Crippen molar-refractivity contribution >= 4 is 18.5 Å². The topological polar surface area (TPSA) is 73.1 Å². The number of halogens is 1. The van der Waals surface area contributed by atoms with E-state index in [0.29, 0.717) is 6.42 Å². The van der Waals surface area contributed by atoms with E-state index in [-0.39, 0.29) is 12.4 Å². The fourth-order valence-electron chi connectivity index (χ4n) is 0.726. The van der Waals surface area contributed by atoms with Gasteiger partial charge in [-0.3, -0.25) is 0 Å². The Morgan fingerprint density at radius 3 is 2.67 bits per heavy atom. The van der Waals surface area contributed by atoms with Gasteiger partial charge in [0.25, 0.3) is 0 Å². The first-order chi connectivity index (χ1) is 5.20. The molecule has 0 saturated heterocycles. The molecule has 0 aromatic carbocycles. The van der Waals surface area contributed by atoms with Crippen LogP contribution in [0.25, 0.3) is 0 Å². The second-order valence-corrected chi connectivity index (χ2v) is 2.27. The second-order valence-electron chi connectivity index (χ2n) is 2.27. The maximum Gasteiger partial charge on any atom is 0.405 e. The quantitative estimate of drug-likeness (QED) is 0.713. The molecule has 0 fully saturated rings. The minimum atomic E-state index is -1.13. The highest BCUT2D eigenvalue weighted by atomic mass is 35.5. The van der Waals surface area contributed by atoms with Gasteiger partial charge in [-0.05, 0) is 6.42 Å². The van der Waals surface area contributed by atoms with Gasteiger partial charge in [-0.2, -0.15) is 5.26 Å². The highest BCUT2D eigenvalue weighted by Gasteiger charge is 2.07. The number of carboxylic acid groups (broad SMARTS) is 1. The maximum atomic E-state index is 10.1. The Balaban J connectivity index is 0. The van der Waals surface area contributed by atoms with Gasteiger partial charge in [-0.1, -0.05) is 19.8 Å². The Bertz CT molecular complexity index is 167. The summed E-state index contributed by atoms with van der Waals surface area (Å²) in [6.07, 6.45) is 1.31. The van der Waals surface area contributed by atoms with E-state index in [1.165, 1.54) is 0 Å². The number of rotatable bonds is 4. The summed E-state index contributed by atoms with van der Waals surface area (Å²) in [6.45, 7) is 2.00. The molecule has 0 rings (SSSR count). The summed E-state index contributed by atoms with van der Waals surface area (Å²) in [5.74, 6) is 0. The molecular weight excluding hydrogens is 180 g/mol. The zero-order valence-corrected chi connectivity index (χ0v) is 7.73. The second kappa shape index (κ2) is 8.15. The lowest BCUT2D eigenvalue weighted by atomic mass is 10.1. The lowest BCUT2D eigenvalue weighted by molar-refractivity contribution is 0.191. The standard InChI is InChI=1S/C7H12N2O2.ClH/c1-2-3-4-6(5-8)9-7(10)11;/h6,9H,2-4H2,1H3,(H,10,11);1H. The van der Waals surface area contributed by atoms with Gasteiger partial charge in [0.1, 0.15) is 6.04 Å². The minimum absolute atomic E-state index is 0. The van der Waals surface area contributed by atoms with Gasteiger partial charge in [0, 0.05) is 0 Å². The third-order valence-electron chi connectivity index (χ3n) is 1.30. The third-order valence-corrected chi connectivity index (χ3v) is 1.30. The van der Waals surface area contributed by atoms with Crippen LogP contribution < -0.4 is 5.32 Å². The highest BCUT2D eigenvalue weighted by Crippen LogP contribution is 1.98. The number of hydrogen-bond donors (Lipinski definition) is 2. The average molecular weight is 193 g/mol. The van der Waals surface area contributed by atoms with Crippen molar-refractivity contribution in [2.45, 2.75) is 32.2 Å². The van der Waals surface area contributed by atoms with Crippen molar-refractivity contribution in [3.63, 3.8) is 0 Å². The SMILES string of the molecule is CCCCC(C#N)NC(=O)O.Cl. The lowest BCUT2D eigenvalue weighted by Crippen LogP contribution is -2.32. The van der Waals surface area contributed by atoms with E-state index in [2.05, 4.69) is 5.32 Å². The van der Waals surface area contributed by atoms with Crippen LogP contribution >= 0.6 is 12.4 Å².